The van der Waals surface area contributed by atoms with Crippen LogP contribution in [0.15, 0.2) is 22.7 Å². The van der Waals surface area contributed by atoms with Gasteiger partial charge in [0.15, 0.2) is 11.0 Å². The predicted octanol–water partition coefficient (Wildman–Crippen LogP) is 5.01. The van der Waals surface area contributed by atoms with Crippen LogP contribution < -0.4 is 0 Å². The molecule has 21 heavy (non-hydrogen) atoms. The number of hydrogen-bond acceptors (Lipinski definition) is 4. The quantitative estimate of drug-likeness (QED) is 0.725. The van der Waals surface area contributed by atoms with Gasteiger partial charge in [0.25, 0.3) is 0 Å². The van der Waals surface area contributed by atoms with Crippen molar-refractivity contribution >= 4 is 23.1 Å². The monoisotopic (exact) mass is 319 g/mol. The smallest absolute Gasteiger partial charge is 0.191 e. The number of nitrogens with zero attached hydrogens (tertiary/aromatic N) is 3. The molecule has 2 aliphatic rings. The highest BCUT2D eigenvalue weighted by Crippen LogP contribution is 2.42. The largest absolute Gasteiger partial charge is 0.298 e. The third kappa shape index (κ3) is 3.04. The standard InChI is InChI=1S/C16H21N3S2/c1-2-5-12(6-3-1)11-21-16-18-17-15(14-7-4-10-20-14)19(16)13-8-9-13/h4,7,10,12-13H,1-3,5-6,8-9,11H2. The van der Waals surface area contributed by atoms with E-state index in [1.54, 1.807) is 11.3 Å². The van der Waals surface area contributed by atoms with Crippen molar-refractivity contribution in [3.63, 3.8) is 0 Å². The second kappa shape index (κ2) is 6.13. The molecule has 0 spiro atoms. The Morgan fingerprint density at radius 2 is 2.00 bits per heavy atom. The van der Waals surface area contributed by atoms with Gasteiger partial charge in [-0.05, 0) is 43.0 Å². The van der Waals surface area contributed by atoms with Gasteiger partial charge < -0.3 is 0 Å². The Labute approximate surface area is 134 Å². The summed E-state index contributed by atoms with van der Waals surface area (Å²) < 4.78 is 2.40. The Hall–Kier alpha value is -0.810. The molecule has 0 aliphatic heterocycles. The molecular weight excluding hydrogens is 298 g/mol. The van der Waals surface area contributed by atoms with Gasteiger partial charge in [-0.15, -0.1) is 21.5 Å². The van der Waals surface area contributed by atoms with Crippen LogP contribution in [0.3, 0.4) is 0 Å². The van der Waals surface area contributed by atoms with E-state index in [4.69, 9.17) is 0 Å². The van der Waals surface area contributed by atoms with Crippen molar-refractivity contribution in [2.24, 2.45) is 5.92 Å². The molecule has 0 atom stereocenters. The van der Waals surface area contributed by atoms with Crippen LogP contribution in [-0.4, -0.2) is 20.5 Å². The number of thioether (sulfide) groups is 1. The fourth-order valence-electron chi connectivity index (χ4n) is 3.16. The molecule has 2 aromatic rings. The second-order valence-electron chi connectivity index (χ2n) is 6.20. The molecule has 4 rings (SSSR count). The molecule has 2 saturated carbocycles. The molecule has 0 aromatic carbocycles. The topological polar surface area (TPSA) is 30.7 Å². The van der Waals surface area contributed by atoms with Gasteiger partial charge in [-0.1, -0.05) is 37.1 Å². The summed E-state index contributed by atoms with van der Waals surface area (Å²) in [5.74, 6) is 3.19. The van der Waals surface area contributed by atoms with Crippen molar-refractivity contribution < 1.29 is 0 Å². The van der Waals surface area contributed by atoms with Crippen LogP contribution in [-0.2, 0) is 0 Å². The van der Waals surface area contributed by atoms with E-state index in [9.17, 15) is 0 Å². The number of thiophene rings is 1. The number of hydrogen-bond donors (Lipinski definition) is 0. The van der Waals surface area contributed by atoms with Crippen molar-refractivity contribution in [3.8, 4) is 10.7 Å². The molecule has 3 nitrogen and oxygen atoms in total. The average molecular weight is 319 g/mol. The Kier molecular flexibility index (Phi) is 4.03. The second-order valence-corrected chi connectivity index (χ2v) is 8.13. The predicted molar refractivity (Wildman–Crippen MR) is 88.9 cm³/mol. The zero-order valence-electron chi connectivity index (χ0n) is 12.2. The molecule has 2 heterocycles. The molecule has 0 radical (unpaired) electrons. The fourth-order valence-corrected chi connectivity index (χ4v) is 5.05. The number of aromatic nitrogens is 3. The van der Waals surface area contributed by atoms with Crippen molar-refractivity contribution in [1.82, 2.24) is 14.8 Å². The Balaban J connectivity index is 1.52. The normalized spacial score (nSPS) is 20.0. The summed E-state index contributed by atoms with van der Waals surface area (Å²) in [6.07, 6.45) is 9.65. The third-order valence-electron chi connectivity index (χ3n) is 4.49. The lowest BCUT2D eigenvalue weighted by Crippen LogP contribution is -2.09. The van der Waals surface area contributed by atoms with E-state index >= 15 is 0 Å². The Morgan fingerprint density at radius 3 is 2.71 bits per heavy atom. The summed E-state index contributed by atoms with van der Waals surface area (Å²) in [6.45, 7) is 0. The van der Waals surface area contributed by atoms with E-state index in [2.05, 4.69) is 32.3 Å². The van der Waals surface area contributed by atoms with Crippen LogP contribution in [0.5, 0.6) is 0 Å². The van der Waals surface area contributed by atoms with Crippen LogP contribution >= 0.6 is 23.1 Å². The highest BCUT2D eigenvalue weighted by atomic mass is 32.2. The average Bonchev–Trinajstić information content (AvgIpc) is 3.05. The van der Waals surface area contributed by atoms with Gasteiger partial charge in [-0.25, -0.2) is 0 Å². The highest BCUT2D eigenvalue weighted by molar-refractivity contribution is 7.99. The first-order valence-electron chi connectivity index (χ1n) is 8.03. The molecular formula is C16H21N3S2. The lowest BCUT2D eigenvalue weighted by atomic mass is 9.91. The van der Waals surface area contributed by atoms with Gasteiger partial charge in [0.1, 0.15) is 0 Å². The summed E-state index contributed by atoms with van der Waals surface area (Å²) >= 11 is 3.70. The lowest BCUT2D eigenvalue weighted by Gasteiger charge is -2.20. The molecule has 0 bridgehead atoms. The minimum atomic E-state index is 0.644. The minimum absolute atomic E-state index is 0.644. The molecule has 112 valence electrons. The summed E-state index contributed by atoms with van der Waals surface area (Å²) in [5, 5.41) is 12.3. The fraction of sp³-hybridized carbons (Fsp3) is 0.625. The van der Waals surface area contributed by atoms with Gasteiger partial charge >= 0.3 is 0 Å². The van der Waals surface area contributed by atoms with Crippen LogP contribution in [0.2, 0.25) is 0 Å². The van der Waals surface area contributed by atoms with Gasteiger partial charge in [-0.2, -0.15) is 0 Å². The van der Waals surface area contributed by atoms with Crippen LogP contribution in [0.1, 0.15) is 51.0 Å². The molecule has 0 unspecified atom stereocenters. The zero-order chi connectivity index (χ0) is 14.1. The highest BCUT2D eigenvalue weighted by Gasteiger charge is 2.30. The molecule has 0 amide bonds. The minimum Gasteiger partial charge on any atom is -0.298 e. The van der Waals surface area contributed by atoms with E-state index in [0.29, 0.717) is 6.04 Å². The summed E-state index contributed by atoms with van der Waals surface area (Å²) in [7, 11) is 0. The molecule has 2 aliphatic carbocycles. The molecule has 2 aromatic heterocycles. The summed E-state index contributed by atoms with van der Waals surface area (Å²) in [4.78, 5) is 1.25. The molecule has 0 N–H and O–H groups in total. The molecule has 0 saturated heterocycles. The van der Waals surface area contributed by atoms with Crippen molar-refractivity contribution in [1.29, 1.82) is 0 Å². The van der Waals surface area contributed by atoms with E-state index in [1.165, 1.54) is 55.6 Å². The lowest BCUT2D eigenvalue weighted by molar-refractivity contribution is 0.390. The van der Waals surface area contributed by atoms with Gasteiger partial charge in [0, 0.05) is 11.8 Å². The Bertz CT molecular complexity index is 581. The van der Waals surface area contributed by atoms with E-state index in [-0.39, 0.29) is 0 Å². The first-order valence-corrected chi connectivity index (χ1v) is 9.90. The molecule has 5 heteroatoms. The van der Waals surface area contributed by atoms with Gasteiger partial charge in [0.05, 0.1) is 4.88 Å². The zero-order valence-corrected chi connectivity index (χ0v) is 13.8. The first-order chi connectivity index (χ1) is 10.4. The summed E-state index contributed by atoms with van der Waals surface area (Å²) in [6, 6.07) is 4.90. The van der Waals surface area contributed by atoms with Crippen LogP contribution in [0, 0.1) is 5.92 Å². The first kappa shape index (κ1) is 13.8. The van der Waals surface area contributed by atoms with E-state index < -0.39 is 0 Å². The van der Waals surface area contributed by atoms with Gasteiger partial charge in [-0.3, -0.25) is 4.57 Å². The van der Waals surface area contributed by atoms with Crippen LogP contribution in [0.4, 0.5) is 0 Å². The SMILES string of the molecule is c1csc(-c2nnc(SCC3CCCCC3)n2C2CC2)c1. The maximum Gasteiger partial charge on any atom is 0.191 e. The van der Waals surface area contributed by atoms with Crippen LogP contribution in [0.25, 0.3) is 10.7 Å². The van der Waals surface area contributed by atoms with E-state index in [0.717, 1.165) is 16.9 Å². The van der Waals surface area contributed by atoms with Crippen molar-refractivity contribution in [3.05, 3.63) is 17.5 Å². The maximum absolute atomic E-state index is 4.50. The Morgan fingerprint density at radius 1 is 1.14 bits per heavy atom. The summed E-state index contributed by atoms with van der Waals surface area (Å²) in [5.41, 5.74) is 0. The number of rotatable bonds is 5. The van der Waals surface area contributed by atoms with E-state index in [1.807, 2.05) is 11.8 Å². The van der Waals surface area contributed by atoms with Crippen molar-refractivity contribution in [2.45, 2.75) is 56.1 Å². The maximum atomic E-state index is 4.50. The van der Waals surface area contributed by atoms with Gasteiger partial charge in [0.2, 0.25) is 0 Å². The van der Waals surface area contributed by atoms with Crippen molar-refractivity contribution in [2.75, 3.05) is 5.75 Å². The third-order valence-corrected chi connectivity index (χ3v) is 6.53. The molecule has 2 fully saturated rings.